The van der Waals surface area contributed by atoms with Crippen LogP contribution in [-0.4, -0.2) is 26.3 Å². The highest BCUT2D eigenvalue weighted by atomic mass is 16.2. The zero-order valence-corrected chi connectivity index (χ0v) is 19.6. The summed E-state index contributed by atoms with van der Waals surface area (Å²) in [7, 11) is 0. The maximum absolute atomic E-state index is 13.2. The lowest BCUT2D eigenvalue weighted by Crippen LogP contribution is -2.33. The summed E-state index contributed by atoms with van der Waals surface area (Å²) in [6, 6.07) is 8.88. The SMILES string of the molecule is CCCn1c(=O)[nH]c(=O)c2c(C(=O)NCc3ccc(NC(=O)C(C)C)cc3)cc(C3CC3)nc21. The van der Waals surface area contributed by atoms with E-state index in [-0.39, 0.29) is 40.9 Å². The van der Waals surface area contributed by atoms with Crippen molar-refractivity contribution in [3.63, 3.8) is 0 Å². The largest absolute Gasteiger partial charge is 0.348 e. The number of hydrogen-bond donors (Lipinski definition) is 3. The molecule has 2 aromatic heterocycles. The van der Waals surface area contributed by atoms with Gasteiger partial charge in [0.1, 0.15) is 0 Å². The number of nitrogens with zero attached hydrogens (tertiary/aromatic N) is 2. The van der Waals surface area contributed by atoms with Crippen molar-refractivity contribution in [1.82, 2.24) is 19.9 Å². The molecular weight excluding hydrogens is 434 g/mol. The molecule has 0 spiro atoms. The van der Waals surface area contributed by atoms with Crippen molar-refractivity contribution < 1.29 is 9.59 Å². The molecule has 1 saturated carbocycles. The maximum atomic E-state index is 13.2. The molecule has 9 nitrogen and oxygen atoms in total. The molecule has 0 radical (unpaired) electrons. The third-order valence-corrected chi connectivity index (χ3v) is 5.85. The van der Waals surface area contributed by atoms with E-state index in [0.29, 0.717) is 18.7 Å². The summed E-state index contributed by atoms with van der Waals surface area (Å²) >= 11 is 0. The Morgan fingerprint density at radius 1 is 1.18 bits per heavy atom. The molecule has 0 aliphatic heterocycles. The highest BCUT2D eigenvalue weighted by Crippen LogP contribution is 2.39. The zero-order chi connectivity index (χ0) is 24.4. The fraction of sp³-hybridized carbons (Fsp3) is 0.400. The van der Waals surface area contributed by atoms with Gasteiger partial charge in [0.2, 0.25) is 5.91 Å². The van der Waals surface area contributed by atoms with Gasteiger partial charge in [-0.15, -0.1) is 0 Å². The van der Waals surface area contributed by atoms with E-state index in [2.05, 4.69) is 20.6 Å². The predicted molar refractivity (Wildman–Crippen MR) is 130 cm³/mol. The van der Waals surface area contributed by atoms with E-state index in [1.807, 2.05) is 32.9 Å². The number of anilines is 1. The van der Waals surface area contributed by atoms with Crippen LogP contribution in [-0.2, 0) is 17.9 Å². The Balaban J connectivity index is 1.61. The first-order valence-electron chi connectivity index (χ1n) is 11.6. The van der Waals surface area contributed by atoms with Gasteiger partial charge in [0, 0.05) is 36.3 Å². The van der Waals surface area contributed by atoms with E-state index in [0.717, 1.165) is 24.1 Å². The summed E-state index contributed by atoms with van der Waals surface area (Å²) in [6.45, 7) is 6.22. The van der Waals surface area contributed by atoms with Gasteiger partial charge in [-0.1, -0.05) is 32.9 Å². The second-order valence-electron chi connectivity index (χ2n) is 9.00. The normalized spacial score (nSPS) is 13.3. The Morgan fingerprint density at radius 3 is 2.50 bits per heavy atom. The van der Waals surface area contributed by atoms with E-state index >= 15 is 0 Å². The summed E-state index contributed by atoms with van der Waals surface area (Å²) in [5.41, 5.74) is 1.61. The smallest absolute Gasteiger partial charge is 0.329 e. The number of nitrogens with one attached hydrogen (secondary N) is 3. The first-order chi connectivity index (χ1) is 16.3. The number of hydrogen-bond acceptors (Lipinski definition) is 5. The molecule has 0 bridgehead atoms. The van der Waals surface area contributed by atoms with Crippen molar-refractivity contribution in [2.75, 3.05) is 5.32 Å². The first kappa shape index (κ1) is 23.4. The van der Waals surface area contributed by atoms with Gasteiger partial charge in [-0.05, 0) is 43.0 Å². The molecule has 178 valence electrons. The van der Waals surface area contributed by atoms with Crippen LogP contribution in [0.15, 0.2) is 39.9 Å². The molecule has 2 amide bonds. The van der Waals surface area contributed by atoms with Gasteiger partial charge in [-0.25, -0.2) is 9.78 Å². The average molecular weight is 464 g/mol. The van der Waals surface area contributed by atoms with Gasteiger partial charge < -0.3 is 10.6 Å². The second kappa shape index (κ2) is 9.62. The molecule has 4 rings (SSSR count). The monoisotopic (exact) mass is 463 g/mol. The third-order valence-electron chi connectivity index (χ3n) is 5.85. The summed E-state index contributed by atoms with van der Waals surface area (Å²) in [5.74, 6) is -0.344. The molecule has 1 fully saturated rings. The quantitative estimate of drug-likeness (QED) is 0.474. The number of amides is 2. The van der Waals surface area contributed by atoms with E-state index in [9.17, 15) is 19.2 Å². The lowest BCUT2D eigenvalue weighted by atomic mass is 10.1. The molecule has 34 heavy (non-hydrogen) atoms. The third kappa shape index (κ3) is 4.93. The van der Waals surface area contributed by atoms with Crippen LogP contribution >= 0.6 is 0 Å². The van der Waals surface area contributed by atoms with Crippen LogP contribution in [0, 0.1) is 5.92 Å². The fourth-order valence-electron chi connectivity index (χ4n) is 3.76. The van der Waals surface area contributed by atoms with Gasteiger partial charge >= 0.3 is 5.69 Å². The predicted octanol–water partition coefficient (Wildman–Crippen LogP) is 2.90. The van der Waals surface area contributed by atoms with Crippen LogP contribution in [0.5, 0.6) is 0 Å². The Hall–Kier alpha value is -3.75. The van der Waals surface area contributed by atoms with E-state index in [4.69, 9.17) is 0 Å². The molecule has 2 heterocycles. The van der Waals surface area contributed by atoms with Gasteiger partial charge in [0.05, 0.1) is 10.9 Å². The van der Waals surface area contributed by atoms with Crippen molar-refractivity contribution in [3.8, 4) is 0 Å². The minimum absolute atomic E-state index is 0.0659. The maximum Gasteiger partial charge on any atom is 0.329 e. The van der Waals surface area contributed by atoms with Crippen molar-refractivity contribution in [2.45, 2.75) is 59.0 Å². The van der Waals surface area contributed by atoms with Gasteiger partial charge in [-0.3, -0.25) is 23.9 Å². The van der Waals surface area contributed by atoms with Crippen molar-refractivity contribution >= 4 is 28.5 Å². The van der Waals surface area contributed by atoms with Crippen molar-refractivity contribution in [3.05, 3.63) is 68.0 Å². The molecule has 0 unspecified atom stereocenters. The van der Waals surface area contributed by atoms with Gasteiger partial charge in [0.25, 0.3) is 11.5 Å². The van der Waals surface area contributed by atoms with Crippen LogP contribution in [0.4, 0.5) is 5.69 Å². The standard InChI is InChI=1S/C25H29N5O4/c1-4-11-30-21-20(24(33)29-25(30)34)18(12-19(28-21)16-7-8-16)23(32)26-13-15-5-9-17(10-6-15)27-22(31)14(2)3/h5-6,9-10,12,14,16H,4,7-8,11,13H2,1-3H3,(H,26,32)(H,27,31)(H,29,33,34). The number of pyridine rings is 1. The summed E-state index contributed by atoms with van der Waals surface area (Å²) in [6.07, 6.45) is 2.63. The summed E-state index contributed by atoms with van der Waals surface area (Å²) < 4.78 is 1.43. The van der Waals surface area contributed by atoms with Crippen molar-refractivity contribution in [2.24, 2.45) is 5.92 Å². The Labute approximate surface area is 196 Å². The Morgan fingerprint density at radius 2 is 1.88 bits per heavy atom. The van der Waals surface area contributed by atoms with E-state index in [1.165, 1.54) is 4.57 Å². The molecule has 0 atom stereocenters. The topological polar surface area (TPSA) is 126 Å². The number of rotatable bonds is 8. The van der Waals surface area contributed by atoms with Crippen LogP contribution in [0.3, 0.4) is 0 Å². The number of carbonyl (C=O) groups is 2. The highest BCUT2D eigenvalue weighted by Gasteiger charge is 2.28. The zero-order valence-electron chi connectivity index (χ0n) is 19.6. The second-order valence-corrected chi connectivity index (χ2v) is 9.00. The molecule has 3 N–H and O–H groups in total. The van der Waals surface area contributed by atoms with Crippen LogP contribution in [0.2, 0.25) is 0 Å². The number of carbonyl (C=O) groups excluding carboxylic acids is 2. The highest BCUT2D eigenvalue weighted by molar-refractivity contribution is 6.05. The Bertz CT molecular complexity index is 1350. The van der Waals surface area contributed by atoms with Gasteiger partial charge in [0.15, 0.2) is 5.65 Å². The first-order valence-corrected chi connectivity index (χ1v) is 11.6. The minimum atomic E-state index is -0.613. The lowest BCUT2D eigenvalue weighted by Gasteiger charge is -2.13. The van der Waals surface area contributed by atoms with Gasteiger partial charge in [-0.2, -0.15) is 0 Å². The minimum Gasteiger partial charge on any atom is -0.348 e. The lowest BCUT2D eigenvalue weighted by molar-refractivity contribution is -0.118. The molecule has 3 aromatic rings. The van der Waals surface area contributed by atoms with E-state index < -0.39 is 17.2 Å². The summed E-state index contributed by atoms with van der Waals surface area (Å²) in [4.78, 5) is 57.1. The van der Waals surface area contributed by atoms with Crippen LogP contribution in [0.1, 0.15) is 67.6 Å². The molecule has 0 saturated heterocycles. The summed E-state index contributed by atoms with van der Waals surface area (Å²) in [5, 5.41) is 5.83. The molecule has 1 aromatic carbocycles. The number of aryl methyl sites for hydroxylation is 1. The van der Waals surface area contributed by atoms with Crippen molar-refractivity contribution in [1.29, 1.82) is 0 Å². The fourth-order valence-corrected chi connectivity index (χ4v) is 3.76. The molecular formula is C25H29N5O4. The number of benzene rings is 1. The molecule has 1 aliphatic rings. The number of aromatic nitrogens is 3. The molecule has 1 aliphatic carbocycles. The average Bonchev–Trinajstić information content (AvgIpc) is 3.65. The van der Waals surface area contributed by atoms with Crippen LogP contribution in [0.25, 0.3) is 11.0 Å². The molecule has 9 heteroatoms. The van der Waals surface area contributed by atoms with Crippen LogP contribution < -0.4 is 21.9 Å². The Kier molecular flexibility index (Phi) is 6.63. The van der Waals surface area contributed by atoms with E-state index in [1.54, 1.807) is 18.2 Å². The number of H-pyrrole nitrogens is 1. The number of fused-ring (bicyclic) bond motifs is 1. The number of aromatic amines is 1.